The highest BCUT2D eigenvalue weighted by atomic mass is 16.5. The molecule has 1 aliphatic heterocycles. The number of amides is 1. The van der Waals surface area contributed by atoms with Gasteiger partial charge in [0.15, 0.2) is 5.69 Å². The molecule has 110 valence electrons. The third-order valence-corrected chi connectivity index (χ3v) is 3.67. The van der Waals surface area contributed by atoms with Crippen molar-refractivity contribution in [1.82, 2.24) is 20.4 Å². The van der Waals surface area contributed by atoms with Gasteiger partial charge in [-0.15, -0.1) is 0 Å². The van der Waals surface area contributed by atoms with E-state index in [0.29, 0.717) is 18.2 Å². The standard InChI is InChI=1S/C14H17N5O2/c20-13(12-4-9-21-18-12)17-10-11-2-7-19(8-3-11)14-15-5-1-6-16-14/h1,4-6,9,11H,2-3,7-8,10H2,(H,17,20). The zero-order valence-electron chi connectivity index (χ0n) is 11.6. The molecular formula is C14H17N5O2. The molecule has 0 aliphatic carbocycles. The van der Waals surface area contributed by atoms with Gasteiger partial charge in [-0.2, -0.15) is 0 Å². The second-order valence-electron chi connectivity index (χ2n) is 5.07. The number of carbonyl (C=O) groups excluding carboxylic acids is 1. The molecular weight excluding hydrogens is 270 g/mol. The van der Waals surface area contributed by atoms with Crippen LogP contribution >= 0.6 is 0 Å². The molecule has 0 atom stereocenters. The van der Waals surface area contributed by atoms with E-state index in [4.69, 9.17) is 0 Å². The van der Waals surface area contributed by atoms with Crippen molar-refractivity contribution >= 4 is 11.9 Å². The second kappa shape index (κ2) is 6.34. The number of piperidine rings is 1. The lowest BCUT2D eigenvalue weighted by Gasteiger charge is -2.31. The van der Waals surface area contributed by atoms with Crippen LogP contribution in [0.15, 0.2) is 35.3 Å². The van der Waals surface area contributed by atoms with E-state index in [1.165, 1.54) is 6.26 Å². The van der Waals surface area contributed by atoms with Crippen LogP contribution in [0.1, 0.15) is 23.3 Å². The van der Waals surface area contributed by atoms with E-state index >= 15 is 0 Å². The molecule has 0 unspecified atom stereocenters. The number of aromatic nitrogens is 3. The molecule has 0 radical (unpaired) electrons. The van der Waals surface area contributed by atoms with E-state index in [1.807, 2.05) is 6.07 Å². The van der Waals surface area contributed by atoms with Crippen molar-refractivity contribution in [2.75, 3.05) is 24.5 Å². The number of nitrogens with zero attached hydrogens (tertiary/aromatic N) is 4. The van der Waals surface area contributed by atoms with Crippen molar-refractivity contribution in [1.29, 1.82) is 0 Å². The quantitative estimate of drug-likeness (QED) is 0.907. The van der Waals surface area contributed by atoms with E-state index in [9.17, 15) is 4.79 Å². The Bertz CT molecular complexity index is 564. The molecule has 0 spiro atoms. The molecule has 3 rings (SSSR count). The van der Waals surface area contributed by atoms with Gasteiger partial charge in [0.05, 0.1) is 0 Å². The topological polar surface area (TPSA) is 84.2 Å². The number of hydrogen-bond donors (Lipinski definition) is 1. The van der Waals surface area contributed by atoms with Gasteiger partial charge in [-0.05, 0) is 24.8 Å². The summed E-state index contributed by atoms with van der Waals surface area (Å²) >= 11 is 0. The predicted molar refractivity (Wildman–Crippen MR) is 75.8 cm³/mol. The van der Waals surface area contributed by atoms with Crippen LogP contribution in [0.4, 0.5) is 5.95 Å². The summed E-state index contributed by atoms with van der Waals surface area (Å²) in [5, 5.41) is 6.52. The van der Waals surface area contributed by atoms with Gasteiger partial charge in [0.25, 0.3) is 5.91 Å². The zero-order valence-corrected chi connectivity index (χ0v) is 11.6. The van der Waals surface area contributed by atoms with Gasteiger partial charge < -0.3 is 14.7 Å². The highest BCUT2D eigenvalue weighted by Crippen LogP contribution is 2.19. The van der Waals surface area contributed by atoms with Crippen LogP contribution in [0.2, 0.25) is 0 Å². The molecule has 3 heterocycles. The first-order valence-corrected chi connectivity index (χ1v) is 7.03. The van der Waals surface area contributed by atoms with E-state index in [-0.39, 0.29) is 5.91 Å². The van der Waals surface area contributed by atoms with Crippen molar-refractivity contribution in [3.05, 3.63) is 36.5 Å². The molecule has 21 heavy (non-hydrogen) atoms. The van der Waals surface area contributed by atoms with Gasteiger partial charge in [-0.3, -0.25) is 4.79 Å². The molecule has 2 aromatic heterocycles. The molecule has 1 N–H and O–H groups in total. The van der Waals surface area contributed by atoms with Gasteiger partial charge in [-0.1, -0.05) is 5.16 Å². The van der Waals surface area contributed by atoms with Crippen LogP contribution in [-0.2, 0) is 0 Å². The van der Waals surface area contributed by atoms with Crippen LogP contribution in [-0.4, -0.2) is 40.7 Å². The minimum Gasteiger partial charge on any atom is -0.364 e. The maximum atomic E-state index is 11.8. The Balaban J connectivity index is 1.45. The molecule has 0 bridgehead atoms. The Kier molecular flexibility index (Phi) is 4.09. The maximum absolute atomic E-state index is 11.8. The highest BCUT2D eigenvalue weighted by molar-refractivity contribution is 5.91. The van der Waals surface area contributed by atoms with Gasteiger partial charge in [0.2, 0.25) is 5.95 Å². The minimum atomic E-state index is -0.183. The molecule has 0 aromatic carbocycles. The number of anilines is 1. The van der Waals surface area contributed by atoms with Gasteiger partial charge in [0, 0.05) is 38.1 Å². The Morgan fingerprint density at radius 3 is 2.76 bits per heavy atom. The third-order valence-electron chi connectivity index (χ3n) is 3.67. The summed E-state index contributed by atoms with van der Waals surface area (Å²) in [5.74, 6) is 1.07. The monoisotopic (exact) mass is 287 g/mol. The fourth-order valence-corrected chi connectivity index (χ4v) is 2.45. The number of carbonyl (C=O) groups is 1. The first-order valence-electron chi connectivity index (χ1n) is 7.03. The van der Waals surface area contributed by atoms with Crippen LogP contribution in [0, 0.1) is 5.92 Å². The first kappa shape index (κ1) is 13.5. The summed E-state index contributed by atoms with van der Waals surface area (Å²) in [7, 11) is 0. The molecule has 7 heteroatoms. The van der Waals surface area contributed by atoms with Crippen molar-refractivity contribution in [2.24, 2.45) is 5.92 Å². The van der Waals surface area contributed by atoms with Crippen molar-refractivity contribution < 1.29 is 9.32 Å². The van der Waals surface area contributed by atoms with Crippen LogP contribution in [0.5, 0.6) is 0 Å². The minimum absolute atomic E-state index is 0.183. The van der Waals surface area contributed by atoms with Gasteiger partial charge >= 0.3 is 0 Å². The molecule has 7 nitrogen and oxygen atoms in total. The SMILES string of the molecule is O=C(NCC1CCN(c2ncccn2)CC1)c1ccon1. The summed E-state index contributed by atoms with van der Waals surface area (Å²) in [6.07, 6.45) is 6.93. The first-order chi connectivity index (χ1) is 10.3. The lowest BCUT2D eigenvalue weighted by atomic mass is 9.97. The largest absolute Gasteiger partial charge is 0.364 e. The zero-order chi connectivity index (χ0) is 14.5. The summed E-state index contributed by atoms with van der Waals surface area (Å²) in [6.45, 7) is 2.48. The van der Waals surface area contributed by atoms with Crippen molar-refractivity contribution in [3.8, 4) is 0 Å². The van der Waals surface area contributed by atoms with Crippen LogP contribution in [0.3, 0.4) is 0 Å². The maximum Gasteiger partial charge on any atom is 0.273 e. The molecule has 1 fully saturated rings. The highest BCUT2D eigenvalue weighted by Gasteiger charge is 2.21. The smallest absolute Gasteiger partial charge is 0.273 e. The van der Waals surface area contributed by atoms with Crippen LogP contribution in [0.25, 0.3) is 0 Å². The predicted octanol–water partition coefficient (Wildman–Crippen LogP) is 1.11. The number of rotatable bonds is 4. The molecule has 1 amide bonds. The van der Waals surface area contributed by atoms with E-state index in [0.717, 1.165) is 31.9 Å². The molecule has 1 saturated heterocycles. The fourth-order valence-electron chi connectivity index (χ4n) is 2.45. The Hall–Kier alpha value is -2.44. The average Bonchev–Trinajstić information content (AvgIpc) is 3.08. The molecule has 0 saturated carbocycles. The molecule has 1 aliphatic rings. The van der Waals surface area contributed by atoms with Crippen molar-refractivity contribution in [3.63, 3.8) is 0 Å². The Morgan fingerprint density at radius 1 is 1.33 bits per heavy atom. The van der Waals surface area contributed by atoms with Gasteiger partial charge in [0.1, 0.15) is 6.26 Å². The lowest BCUT2D eigenvalue weighted by molar-refractivity contribution is 0.0936. The molecule has 2 aromatic rings. The van der Waals surface area contributed by atoms with Crippen LogP contribution < -0.4 is 10.2 Å². The lowest BCUT2D eigenvalue weighted by Crippen LogP contribution is -2.39. The Labute approximate surface area is 122 Å². The van der Waals surface area contributed by atoms with E-state index in [2.05, 4.69) is 29.9 Å². The van der Waals surface area contributed by atoms with E-state index < -0.39 is 0 Å². The van der Waals surface area contributed by atoms with Crippen molar-refractivity contribution in [2.45, 2.75) is 12.8 Å². The Morgan fingerprint density at radius 2 is 2.10 bits per heavy atom. The number of nitrogens with one attached hydrogen (secondary N) is 1. The summed E-state index contributed by atoms with van der Waals surface area (Å²) in [4.78, 5) is 22.5. The average molecular weight is 287 g/mol. The summed E-state index contributed by atoms with van der Waals surface area (Å²) in [5.41, 5.74) is 0.324. The third kappa shape index (κ3) is 3.36. The fraction of sp³-hybridized carbons (Fsp3) is 0.429. The number of hydrogen-bond acceptors (Lipinski definition) is 6. The van der Waals surface area contributed by atoms with E-state index in [1.54, 1.807) is 18.5 Å². The second-order valence-corrected chi connectivity index (χ2v) is 5.07. The normalized spacial score (nSPS) is 15.9. The van der Waals surface area contributed by atoms with Gasteiger partial charge in [-0.25, -0.2) is 9.97 Å². The summed E-state index contributed by atoms with van der Waals surface area (Å²) < 4.78 is 4.66. The summed E-state index contributed by atoms with van der Waals surface area (Å²) in [6, 6.07) is 3.38.